The summed E-state index contributed by atoms with van der Waals surface area (Å²) in [7, 11) is -0.260. The van der Waals surface area contributed by atoms with Gasteiger partial charge in [-0.3, -0.25) is 4.79 Å². The molecule has 0 bridgehead atoms. The lowest BCUT2D eigenvalue weighted by molar-refractivity contribution is -0.120. The molecule has 112 valence electrons. The molecular formula is C13H21N3O3S. The van der Waals surface area contributed by atoms with Crippen molar-refractivity contribution < 1.29 is 13.2 Å². The number of benzene rings is 1. The Kier molecular flexibility index (Phi) is 6.12. The number of sulfonamides is 1. The number of rotatable bonds is 7. The van der Waals surface area contributed by atoms with Gasteiger partial charge in [0.15, 0.2) is 0 Å². The van der Waals surface area contributed by atoms with E-state index in [0.29, 0.717) is 0 Å². The van der Waals surface area contributed by atoms with Gasteiger partial charge in [0.1, 0.15) is 0 Å². The maximum Gasteiger partial charge on any atom is 0.240 e. The molecule has 1 aromatic rings. The number of amides is 1. The Morgan fingerprint density at radius 1 is 1.30 bits per heavy atom. The molecule has 20 heavy (non-hydrogen) atoms. The van der Waals surface area contributed by atoms with E-state index < -0.39 is 10.0 Å². The average molecular weight is 299 g/mol. The molecule has 0 saturated carbocycles. The van der Waals surface area contributed by atoms with E-state index in [1.54, 1.807) is 12.1 Å². The fraction of sp³-hybridized carbons (Fsp3) is 0.462. The summed E-state index contributed by atoms with van der Waals surface area (Å²) < 4.78 is 26.6. The lowest BCUT2D eigenvalue weighted by Gasteiger charge is -2.12. The van der Waals surface area contributed by atoms with Gasteiger partial charge in [0.2, 0.25) is 15.9 Å². The molecule has 1 aromatic carbocycles. The van der Waals surface area contributed by atoms with Crippen molar-refractivity contribution in [1.82, 2.24) is 15.4 Å². The highest BCUT2D eigenvalue weighted by molar-refractivity contribution is 7.89. The molecule has 1 amide bonds. The second-order valence-corrected chi connectivity index (χ2v) is 6.17. The van der Waals surface area contributed by atoms with Crippen molar-refractivity contribution in [3.05, 3.63) is 29.8 Å². The van der Waals surface area contributed by atoms with Gasteiger partial charge in [-0.25, -0.2) is 13.1 Å². The van der Waals surface area contributed by atoms with Gasteiger partial charge in [0.05, 0.1) is 4.90 Å². The molecule has 0 aliphatic rings. The van der Waals surface area contributed by atoms with Crippen molar-refractivity contribution in [3.63, 3.8) is 0 Å². The highest BCUT2D eigenvalue weighted by Crippen LogP contribution is 2.16. The molecule has 6 nitrogen and oxygen atoms in total. The van der Waals surface area contributed by atoms with E-state index in [1.165, 1.54) is 13.1 Å². The van der Waals surface area contributed by atoms with Gasteiger partial charge in [-0.1, -0.05) is 12.1 Å². The fourth-order valence-corrected chi connectivity index (χ4v) is 2.71. The minimum Gasteiger partial charge on any atom is -0.359 e. The van der Waals surface area contributed by atoms with Crippen LogP contribution in [0.3, 0.4) is 0 Å². The molecule has 0 aromatic heterocycles. The Balaban J connectivity index is 2.79. The zero-order chi connectivity index (χ0) is 15.2. The molecule has 7 heteroatoms. The van der Waals surface area contributed by atoms with Crippen LogP contribution < -0.4 is 15.4 Å². The Bertz CT molecular complexity index is 558. The van der Waals surface area contributed by atoms with Crippen molar-refractivity contribution in [2.45, 2.75) is 24.3 Å². The van der Waals surface area contributed by atoms with E-state index in [0.717, 1.165) is 5.56 Å². The Morgan fingerprint density at radius 2 is 2.00 bits per heavy atom. The molecule has 0 spiro atoms. The maximum atomic E-state index is 12.1. The van der Waals surface area contributed by atoms with Crippen LogP contribution in [0, 0.1) is 0 Å². The summed E-state index contributed by atoms with van der Waals surface area (Å²) in [6.07, 6.45) is 0.113. The molecule has 0 aliphatic heterocycles. The molecule has 0 aliphatic carbocycles. The first-order valence-electron chi connectivity index (χ1n) is 6.38. The number of hydrogen-bond acceptors (Lipinski definition) is 4. The van der Waals surface area contributed by atoms with Crippen molar-refractivity contribution in [1.29, 1.82) is 0 Å². The van der Waals surface area contributed by atoms with E-state index >= 15 is 0 Å². The van der Waals surface area contributed by atoms with Crippen LogP contribution in [0.25, 0.3) is 0 Å². The molecule has 0 heterocycles. The third-order valence-corrected chi connectivity index (χ3v) is 4.48. The molecular weight excluding hydrogens is 278 g/mol. The Morgan fingerprint density at radius 3 is 2.60 bits per heavy atom. The zero-order valence-electron chi connectivity index (χ0n) is 11.9. The number of carbonyl (C=O) groups excluding carboxylic acids is 1. The van der Waals surface area contributed by atoms with Crippen LogP contribution in [-0.4, -0.2) is 35.0 Å². The topological polar surface area (TPSA) is 87.3 Å². The van der Waals surface area contributed by atoms with Crippen molar-refractivity contribution in [2.75, 3.05) is 20.6 Å². The summed E-state index contributed by atoms with van der Waals surface area (Å²) in [5, 5.41) is 5.50. The quantitative estimate of drug-likeness (QED) is 0.679. The zero-order valence-corrected chi connectivity index (χ0v) is 12.8. The monoisotopic (exact) mass is 299 g/mol. The van der Waals surface area contributed by atoms with Crippen LogP contribution in [0.4, 0.5) is 0 Å². The molecule has 0 fully saturated rings. The average Bonchev–Trinajstić information content (AvgIpc) is 2.46. The van der Waals surface area contributed by atoms with Crippen LogP contribution in [0.2, 0.25) is 0 Å². The maximum absolute atomic E-state index is 12.1. The normalized spacial score (nSPS) is 12.9. The standard InChI is InChI=1S/C13H21N3O3S/c1-10(14-2)11-5-4-6-12(9-11)20(18,19)16-8-7-13(17)15-3/h4-6,9-10,14,16H,7-8H2,1-3H3,(H,15,17). The highest BCUT2D eigenvalue weighted by Gasteiger charge is 2.15. The van der Waals surface area contributed by atoms with Gasteiger partial charge < -0.3 is 10.6 Å². The van der Waals surface area contributed by atoms with Gasteiger partial charge in [-0.15, -0.1) is 0 Å². The molecule has 0 radical (unpaired) electrons. The minimum absolute atomic E-state index is 0.0658. The van der Waals surface area contributed by atoms with Gasteiger partial charge in [-0.2, -0.15) is 0 Å². The molecule has 3 N–H and O–H groups in total. The van der Waals surface area contributed by atoms with Crippen LogP contribution in [0.5, 0.6) is 0 Å². The third kappa shape index (κ3) is 4.59. The van der Waals surface area contributed by atoms with E-state index in [2.05, 4.69) is 15.4 Å². The van der Waals surface area contributed by atoms with Crippen LogP contribution in [0.1, 0.15) is 24.9 Å². The Hall–Kier alpha value is -1.44. The van der Waals surface area contributed by atoms with Crippen LogP contribution in [0.15, 0.2) is 29.2 Å². The molecule has 0 saturated heterocycles. The van der Waals surface area contributed by atoms with Crippen molar-refractivity contribution in [3.8, 4) is 0 Å². The number of carbonyl (C=O) groups is 1. The number of nitrogens with one attached hydrogen (secondary N) is 3. The first kappa shape index (κ1) is 16.6. The predicted octanol–water partition coefficient (Wildman–Crippen LogP) is 0.381. The smallest absolute Gasteiger partial charge is 0.240 e. The van der Waals surface area contributed by atoms with Crippen molar-refractivity contribution in [2.24, 2.45) is 0 Å². The van der Waals surface area contributed by atoms with Gasteiger partial charge >= 0.3 is 0 Å². The fourth-order valence-electron chi connectivity index (χ4n) is 1.62. The van der Waals surface area contributed by atoms with Crippen LogP contribution in [-0.2, 0) is 14.8 Å². The van der Waals surface area contributed by atoms with E-state index in [4.69, 9.17) is 0 Å². The summed E-state index contributed by atoms with van der Waals surface area (Å²) >= 11 is 0. The lowest BCUT2D eigenvalue weighted by Crippen LogP contribution is -2.29. The second-order valence-electron chi connectivity index (χ2n) is 4.40. The van der Waals surface area contributed by atoms with E-state index in [9.17, 15) is 13.2 Å². The summed E-state index contributed by atoms with van der Waals surface area (Å²) in [5.41, 5.74) is 0.890. The molecule has 1 atom stereocenters. The first-order chi connectivity index (χ1) is 9.40. The molecule has 1 rings (SSSR count). The Labute approximate surface area is 120 Å². The number of hydrogen-bond donors (Lipinski definition) is 3. The third-order valence-electron chi connectivity index (χ3n) is 3.02. The summed E-state index contributed by atoms with van der Waals surface area (Å²) in [4.78, 5) is 11.3. The van der Waals surface area contributed by atoms with E-state index in [1.807, 2.05) is 20.0 Å². The summed E-state index contributed by atoms with van der Waals surface area (Å²) in [5.74, 6) is -0.203. The SMILES string of the molecule is CNC(=O)CCNS(=O)(=O)c1cccc(C(C)NC)c1. The second kappa shape index (κ2) is 7.37. The van der Waals surface area contributed by atoms with Gasteiger partial charge in [0, 0.05) is 26.1 Å². The lowest BCUT2D eigenvalue weighted by atomic mass is 10.1. The summed E-state index contributed by atoms with van der Waals surface area (Å²) in [6.45, 7) is 2.03. The van der Waals surface area contributed by atoms with Crippen molar-refractivity contribution >= 4 is 15.9 Å². The van der Waals surface area contributed by atoms with Crippen LogP contribution >= 0.6 is 0 Å². The summed E-state index contributed by atoms with van der Waals surface area (Å²) in [6, 6.07) is 6.80. The van der Waals surface area contributed by atoms with Gasteiger partial charge in [-0.05, 0) is 31.7 Å². The highest BCUT2D eigenvalue weighted by atomic mass is 32.2. The largest absolute Gasteiger partial charge is 0.359 e. The first-order valence-corrected chi connectivity index (χ1v) is 7.86. The molecule has 1 unspecified atom stereocenters. The van der Waals surface area contributed by atoms with Gasteiger partial charge in [0.25, 0.3) is 0 Å². The minimum atomic E-state index is -3.59. The van der Waals surface area contributed by atoms with E-state index in [-0.39, 0.29) is 29.8 Å². The predicted molar refractivity (Wildman–Crippen MR) is 77.8 cm³/mol.